The Labute approximate surface area is 107 Å². The Balaban J connectivity index is 1.86. The van der Waals surface area contributed by atoms with Gasteiger partial charge in [0.2, 0.25) is 0 Å². The molecule has 96 valence electrons. The van der Waals surface area contributed by atoms with Gasteiger partial charge in [-0.1, -0.05) is 18.3 Å². The summed E-state index contributed by atoms with van der Waals surface area (Å²) in [6.07, 6.45) is 3.96. The predicted octanol–water partition coefficient (Wildman–Crippen LogP) is 2.56. The summed E-state index contributed by atoms with van der Waals surface area (Å²) in [5, 5.41) is 9.98. The monoisotopic (exact) mass is 255 g/mol. The summed E-state index contributed by atoms with van der Waals surface area (Å²) >= 11 is 1.57. The van der Waals surface area contributed by atoms with Crippen LogP contribution in [-0.4, -0.2) is 34.8 Å². The Hall–Kier alpha value is -0.680. The fourth-order valence-corrected chi connectivity index (χ4v) is 2.94. The Bertz CT molecular complexity index is 342. The van der Waals surface area contributed by atoms with Crippen molar-refractivity contribution in [3.8, 4) is 5.19 Å². The average molecular weight is 255 g/mol. The first-order valence-electron chi connectivity index (χ1n) is 6.45. The van der Waals surface area contributed by atoms with Crippen molar-refractivity contribution in [3.63, 3.8) is 0 Å². The van der Waals surface area contributed by atoms with Crippen LogP contribution in [-0.2, 0) is 6.54 Å². The average Bonchev–Trinajstić information content (AvgIpc) is 2.63. The van der Waals surface area contributed by atoms with E-state index in [1.165, 1.54) is 32.4 Å². The molecule has 0 spiro atoms. The molecule has 0 bridgehead atoms. The molecule has 1 unspecified atom stereocenters. The third kappa shape index (κ3) is 3.92. The van der Waals surface area contributed by atoms with E-state index in [9.17, 15) is 0 Å². The van der Waals surface area contributed by atoms with Crippen molar-refractivity contribution in [2.45, 2.75) is 39.7 Å². The van der Waals surface area contributed by atoms with Gasteiger partial charge in [0.1, 0.15) is 5.01 Å². The van der Waals surface area contributed by atoms with Gasteiger partial charge in [-0.3, -0.25) is 4.90 Å². The van der Waals surface area contributed by atoms with Crippen LogP contribution in [0.15, 0.2) is 0 Å². The molecule has 0 aliphatic carbocycles. The summed E-state index contributed by atoms with van der Waals surface area (Å²) in [5.41, 5.74) is 0. The van der Waals surface area contributed by atoms with Crippen molar-refractivity contribution in [3.05, 3.63) is 5.01 Å². The Morgan fingerprint density at radius 2 is 2.24 bits per heavy atom. The molecule has 2 rings (SSSR count). The van der Waals surface area contributed by atoms with E-state index in [2.05, 4.69) is 22.0 Å². The van der Waals surface area contributed by atoms with E-state index in [-0.39, 0.29) is 0 Å². The van der Waals surface area contributed by atoms with Crippen molar-refractivity contribution in [2.75, 3.05) is 19.7 Å². The molecule has 1 aliphatic heterocycles. The maximum Gasteiger partial charge on any atom is 0.294 e. The van der Waals surface area contributed by atoms with E-state index in [0.717, 1.165) is 17.5 Å². The lowest BCUT2D eigenvalue weighted by atomic mass is 10.0. The van der Waals surface area contributed by atoms with Gasteiger partial charge in [0.15, 0.2) is 0 Å². The number of likely N-dealkylation sites (tertiary alicyclic amines) is 1. The van der Waals surface area contributed by atoms with Crippen LogP contribution >= 0.6 is 11.3 Å². The highest BCUT2D eigenvalue weighted by Crippen LogP contribution is 2.22. The fraction of sp³-hybridized carbons (Fsp3) is 0.833. The minimum atomic E-state index is 0.663. The highest BCUT2D eigenvalue weighted by atomic mass is 32.1. The van der Waals surface area contributed by atoms with Crippen LogP contribution in [0, 0.1) is 5.92 Å². The van der Waals surface area contributed by atoms with Gasteiger partial charge >= 0.3 is 0 Å². The van der Waals surface area contributed by atoms with Crippen molar-refractivity contribution in [1.82, 2.24) is 15.1 Å². The molecule has 17 heavy (non-hydrogen) atoms. The lowest BCUT2D eigenvalue weighted by Crippen LogP contribution is -2.24. The maximum atomic E-state index is 5.34. The topological polar surface area (TPSA) is 38.3 Å². The number of hydrogen-bond acceptors (Lipinski definition) is 5. The molecule has 1 saturated heterocycles. The molecular weight excluding hydrogens is 234 g/mol. The smallest absolute Gasteiger partial charge is 0.294 e. The van der Waals surface area contributed by atoms with E-state index < -0.39 is 0 Å². The highest BCUT2D eigenvalue weighted by Gasteiger charge is 2.15. The van der Waals surface area contributed by atoms with Gasteiger partial charge in [0.25, 0.3) is 5.19 Å². The van der Waals surface area contributed by atoms with Gasteiger partial charge in [0.05, 0.1) is 13.2 Å². The van der Waals surface area contributed by atoms with Crippen LogP contribution in [0.3, 0.4) is 0 Å². The number of aromatic nitrogens is 2. The molecule has 0 aromatic carbocycles. The molecule has 1 aromatic heterocycles. The zero-order chi connectivity index (χ0) is 12.1. The summed E-state index contributed by atoms with van der Waals surface area (Å²) in [6, 6.07) is 0. The molecule has 2 heterocycles. The number of hydrogen-bond donors (Lipinski definition) is 0. The van der Waals surface area contributed by atoms with E-state index in [4.69, 9.17) is 4.74 Å². The summed E-state index contributed by atoms with van der Waals surface area (Å²) in [6.45, 7) is 8.28. The zero-order valence-electron chi connectivity index (χ0n) is 10.7. The van der Waals surface area contributed by atoms with Crippen LogP contribution in [0.4, 0.5) is 0 Å². The summed E-state index contributed by atoms with van der Waals surface area (Å²) in [4.78, 5) is 2.49. The quantitative estimate of drug-likeness (QED) is 0.829. The third-order valence-electron chi connectivity index (χ3n) is 3.18. The molecule has 1 aromatic rings. The number of ether oxygens (including phenoxy) is 1. The largest absolute Gasteiger partial charge is 0.469 e. The molecule has 1 atom stereocenters. The van der Waals surface area contributed by atoms with E-state index in [1.54, 1.807) is 11.3 Å². The minimum Gasteiger partial charge on any atom is -0.469 e. The lowest BCUT2D eigenvalue weighted by molar-refractivity contribution is 0.272. The van der Waals surface area contributed by atoms with Gasteiger partial charge in [-0.05, 0) is 45.2 Å². The number of nitrogens with zero attached hydrogens (tertiary/aromatic N) is 3. The van der Waals surface area contributed by atoms with Gasteiger partial charge < -0.3 is 4.74 Å². The van der Waals surface area contributed by atoms with E-state index >= 15 is 0 Å². The highest BCUT2D eigenvalue weighted by molar-refractivity contribution is 7.13. The van der Waals surface area contributed by atoms with Gasteiger partial charge in [0, 0.05) is 0 Å². The normalized spacial score (nSPS) is 22.4. The minimum absolute atomic E-state index is 0.663. The first-order valence-corrected chi connectivity index (χ1v) is 7.27. The van der Waals surface area contributed by atoms with Gasteiger partial charge in [-0.2, -0.15) is 0 Å². The van der Waals surface area contributed by atoms with Gasteiger partial charge in [-0.15, -0.1) is 10.2 Å². The van der Waals surface area contributed by atoms with Crippen LogP contribution in [0.5, 0.6) is 5.19 Å². The van der Waals surface area contributed by atoms with Crippen LogP contribution in [0.25, 0.3) is 0 Å². The molecule has 5 heteroatoms. The van der Waals surface area contributed by atoms with Crippen LogP contribution in [0.1, 0.15) is 38.1 Å². The van der Waals surface area contributed by atoms with Crippen molar-refractivity contribution in [2.24, 2.45) is 5.92 Å². The van der Waals surface area contributed by atoms with Crippen molar-refractivity contribution >= 4 is 11.3 Å². The summed E-state index contributed by atoms with van der Waals surface area (Å²) in [7, 11) is 0. The molecule has 0 amide bonds. The molecule has 0 radical (unpaired) electrons. The van der Waals surface area contributed by atoms with Crippen LogP contribution in [0.2, 0.25) is 0 Å². The van der Waals surface area contributed by atoms with Crippen molar-refractivity contribution in [1.29, 1.82) is 0 Å². The first kappa shape index (κ1) is 12.8. The predicted molar refractivity (Wildman–Crippen MR) is 69.4 cm³/mol. The lowest BCUT2D eigenvalue weighted by Gasteiger charge is -2.17. The van der Waals surface area contributed by atoms with E-state index in [1.807, 2.05) is 6.92 Å². The van der Waals surface area contributed by atoms with Crippen LogP contribution < -0.4 is 4.74 Å². The maximum absolute atomic E-state index is 5.34. The van der Waals surface area contributed by atoms with Crippen molar-refractivity contribution < 1.29 is 4.74 Å². The standard InChI is InChI=1S/C12H21N3OS/c1-3-16-12-14-13-11(17-12)9-15-7-4-5-10(2)6-8-15/h10H,3-9H2,1-2H3. The summed E-state index contributed by atoms with van der Waals surface area (Å²) < 4.78 is 5.34. The second-order valence-electron chi connectivity index (χ2n) is 4.71. The Kier molecular flexibility index (Phi) is 4.74. The van der Waals surface area contributed by atoms with E-state index in [0.29, 0.717) is 11.8 Å². The Morgan fingerprint density at radius 1 is 1.35 bits per heavy atom. The molecule has 0 N–H and O–H groups in total. The number of rotatable bonds is 4. The molecule has 4 nitrogen and oxygen atoms in total. The third-order valence-corrected chi connectivity index (χ3v) is 4.00. The zero-order valence-corrected chi connectivity index (χ0v) is 11.5. The SMILES string of the molecule is CCOc1nnc(CN2CCCC(C)CC2)s1. The second-order valence-corrected chi connectivity index (χ2v) is 5.73. The van der Waals surface area contributed by atoms with Gasteiger partial charge in [-0.25, -0.2) is 0 Å². The molecule has 1 fully saturated rings. The molecule has 1 aliphatic rings. The fourth-order valence-electron chi connectivity index (χ4n) is 2.16. The molecular formula is C12H21N3OS. The second kappa shape index (κ2) is 6.31. The molecule has 0 saturated carbocycles. The first-order chi connectivity index (χ1) is 8.28. The summed E-state index contributed by atoms with van der Waals surface area (Å²) in [5.74, 6) is 0.869. The Morgan fingerprint density at radius 3 is 3.06 bits per heavy atom.